The molecule has 3 nitrogen and oxygen atoms in total. The van der Waals surface area contributed by atoms with Crippen LogP contribution < -0.4 is 0 Å². The Bertz CT molecular complexity index is 1210. The topological polar surface area (TPSA) is 42.9 Å². The number of aromatic nitrogens is 2. The van der Waals surface area contributed by atoms with E-state index >= 15 is 0 Å². The fraction of sp³-hybridized carbons (Fsp3) is 0.148. The van der Waals surface area contributed by atoms with Gasteiger partial charge in [-0.1, -0.05) is 67.3 Å². The lowest BCUT2D eigenvalue weighted by atomic mass is 9.85. The van der Waals surface area contributed by atoms with Crippen molar-refractivity contribution in [2.24, 2.45) is 0 Å². The molecule has 3 heteroatoms. The quantitative estimate of drug-likeness (QED) is 0.389. The molecule has 4 rings (SSSR count). The van der Waals surface area contributed by atoms with Gasteiger partial charge in [-0.05, 0) is 43.1 Å². The Labute approximate surface area is 177 Å². The molecule has 0 bridgehead atoms. The predicted octanol–water partition coefficient (Wildman–Crippen LogP) is 6.25. The molecule has 3 aromatic rings. The summed E-state index contributed by atoms with van der Waals surface area (Å²) in [5.41, 5.74) is 10.5. The van der Waals surface area contributed by atoms with Crippen LogP contribution in [0, 0.1) is 6.92 Å². The number of aryl methyl sites for hydroxylation is 1. The normalized spacial score (nSPS) is 13.2. The SMILES string of the molecule is C=C1Cc2ncnc(-c3ccc(C(=C)C(=O)c4ccc(C)cc4)cc3)c2C(C)=C1C. The highest BCUT2D eigenvalue weighted by Gasteiger charge is 2.22. The van der Waals surface area contributed by atoms with E-state index in [9.17, 15) is 4.79 Å². The van der Waals surface area contributed by atoms with E-state index in [4.69, 9.17) is 0 Å². The van der Waals surface area contributed by atoms with Crippen molar-refractivity contribution < 1.29 is 4.79 Å². The fourth-order valence-electron chi connectivity index (χ4n) is 3.80. The number of hydrogen-bond donors (Lipinski definition) is 0. The molecule has 0 unspecified atom stereocenters. The first kappa shape index (κ1) is 19.7. The predicted molar refractivity (Wildman–Crippen MR) is 123 cm³/mol. The molecule has 0 fully saturated rings. The Morgan fingerprint density at radius 3 is 2.17 bits per heavy atom. The van der Waals surface area contributed by atoms with E-state index in [0.29, 0.717) is 11.1 Å². The lowest BCUT2D eigenvalue weighted by Crippen LogP contribution is -2.09. The van der Waals surface area contributed by atoms with Crippen LogP contribution in [0.25, 0.3) is 22.4 Å². The molecule has 1 aliphatic carbocycles. The Morgan fingerprint density at radius 2 is 1.50 bits per heavy atom. The van der Waals surface area contributed by atoms with Crippen LogP contribution in [-0.4, -0.2) is 15.8 Å². The van der Waals surface area contributed by atoms with Crippen molar-refractivity contribution in [1.29, 1.82) is 0 Å². The number of rotatable bonds is 4. The second-order valence-corrected chi connectivity index (χ2v) is 7.83. The van der Waals surface area contributed by atoms with Crippen LogP contribution in [0.5, 0.6) is 0 Å². The van der Waals surface area contributed by atoms with Crippen LogP contribution in [0.4, 0.5) is 0 Å². The number of hydrogen-bond acceptors (Lipinski definition) is 3. The van der Waals surface area contributed by atoms with E-state index < -0.39 is 0 Å². The van der Waals surface area contributed by atoms with E-state index in [1.807, 2.05) is 55.5 Å². The molecule has 0 aliphatic heterocycles. The van der Waals surface area contributed by atoms with Gasteiger partial charge in [-0.2, -0.15) is 0 Å². The first-order valence-electron chi connectivity index (χ1n) is 9.97. The second-order valence-electron chi connectivity index (χ2n) is 7.83. The fourth-order valence-corrected chi connectivity index (χ4v) is 3.80. The molecule has 0 amide bonds. The molecule has 2 aromatic carbocycles. The Balaban J connectivity index is 1.67. The molecule has 0 atom stereocenters. The zero-order chi connectivity index (χ0) is 21.4. The highest BCUT2D eigenvalue weighted by atomic mass is 16.1. The summed E-state index contributed by atoms with van der Waals surface area (Å²) in [5, 5.41) is 0. The molecule has 1 aromatic heterocycles. The van der Waals surface area contributed by atoms with Gasteiger partial charge in [0, 0.05) is 28.7 Å². The molecule has 30 heavy (non-hydrogen) atoms. The Kier molecular flexibility index (Phi) is 5.04. The summed E-state index contributed by atoms with van der Waals surface area (Å²) in [7, 11) is 0. The number of allylic oxidation sites excluding steroid dienone is 4. The van der Waals surface area contributed by atoms with Crippen molar-refractivity contribution in [2.75, 3.05) is 0 Å². The van der Waals surface area contributed by atoms with Crippen LogP contribution in [0.15, 0.2) is 79.2 Å². The molecule has 0 saturated heterocycles. The maximum Gasteiger partial charge on any atom is 0.193 e. The molecular formula is C27H24N2O. The molecular weight excluding hydrogens is 368 g/mol. The van der Waals surface area contributed by atoms with Gasteiger partial charge in [0.25, 0.3) is 0 Å². The highest BCUT2D eigenvalue weighted by Crippen LogP contribution is 2.37. The Hall–Kier alpha value is -3.59. The van der Waals surface area contributed by atoms with Crippen molar-refractivity contribution in [3.8, 4) is 11.3 Å². The third kappa shape index (κ3) is 3.43. The smallest absolute Gasteiger partial charge is 0.193 e. The molecule has 0 saturated carbocycles. The van der Waals surface area contributed by atoms with Gasteiger partial charge in [-0.15, -0.1) is 0 Å². The minimum absolute atomic E-state index is 0.0601. The van der Waals surface area contributed by atoms with Crippen LogP contribution >= 0.6 is 0 Å². The third-order valence-electron chi connectivity index (χ3n) is 5.87. The summed E-state index contributed by atoms with van der Waals surface area (Å²) in [5.74, 6) is -0.0601. The van der Waals surface area contributed by atoms with E-state index in [2.05, 4.69) is 37.0 Å². The minimum atomic E-state index is -0.0601. The number of nitrogens with zero attached hydrogens (tertiary/aromatic N) is 2. The average molecular weight is 393 g/mol. The lowest BCUT2D eigenvalue weighted by Gasteiger charge is -2.22. The van der Waals surface area contributed by atoms with Gasteiger partial charge >= 0.3 is 0 Å². The lowest BCUT2D eigenvalue weighted by molar-refractivity contribution is 0.105. The number of ketones is 1. The molecule has 1 heterocycles. The zero-order valence-corrected chi connectivity index (χ0v) is 17.6. The number of benzene rings is 2. The number of fused-ring (bicyclic) bond motifs is 1. The standard InChI is InChI=1S/C27H24N2O/c1-16-6-8-23(9-7-16)27(30)20(5)21-10-12-22(13-11-21)26-25-19(4)18(3)17(2)14-24(25)28-15-29-26/h6-13,15H,2,5,14H2,1,3-4H3. The number of carbonyl (C=O) groups is 1. The molecule has 0 spiro atoms. The van der Waals surface area contributed by atoms with E-state index in [0.717, 1.165) is 45.6 Å². The first-order valence-corrected chi connectivity index (χ1v) is 9.97. The molecule has 148 valence electrons. The Morgan fingerprint density at radius 1 is 0.867 bits per heavy atom. The van der Waals surface area contributed by atoms with Crippen molar-refractivity contribution in [3.63, 3.8) is 0 Å². The van der Waals surface area contributed by atoms with Crippen molar-refractivity contribution in [2.45, 2.75) is 27.2 Å². The average Bonchev–Trinajstić information content (AvgIpc) is 2.77. The molecule has 1 aliphatic rings. The summed E-state index contributed by atoms with van der Waals surface area (Å²) in [4.78, 5) is 21.8. The molecule has 0 radical (unpaired) electrons. The summed E-state index contributed by atoms with van der Waals surface area (Å²) in [6.07, 6.45) is 2.36. The maximum absolute atomic E-state index is 12.8. The molecule has 0 N–H and O–H groups in total. The van der Waals surface area contributed by atoms with Crippen molar-refractivity contribution in [1.82, 2.24) is 9.97 Å². The second kappa shape index (κ2) is 7.68. The van der Waals surface area contributed by atoms with Crippen LogP contribution in [0.1, 0.15) is 46.6 Å². The van der Waals surface area contributed by atoms with Gasteiger partial charge in [0.05, 0.1) is 11.4 Å². The maximum atomic E-state index is 12.8. The zero-order valence-electron chi connectivity index (χ0n) is 17.6. The van der Waals surface area contributed by atoms with Gasteiger partial charge < -0.3 is 0 Å². The summed E-state index contributed by atoms with van der Waals surface area (Å²) in [6, 6.07) is 15.4. The van der Waals surface area contributed by atoms with Gasteiger partial charge in [-0.25, -0.2) is 9.97 Å². The third-order valence-corrected chi connectivity index (χ3v) is 5.87. The van der Waals surface area contributed by atoms with Crippen LogP contribution in [0.2, 0.25) is 0 Å². The van der Waals surface area contributed by atoms with Gasteiger partial charge in [0.1, 0.15) is 6.33 Å². The van der Waals surface area contributed by atoms with Gasteiger partial charge in [0.15, 0.2) is 5.78 Å². The van der Waals surface area contributed by atoms with E-state index in [1.54, 1.807) is 6.33 Å². The largest absolute Gasteiger partial charge is 0.289 e. The van der Waals surface area contributed by atoms with Gasteiger partial charge in [0.2, 0.25) is 0 Å². The van der Waals surface area contributed by atoms with Crippen LogP contribution in [-0.2, 0) is 6.42 Å². The minimum Gasteiger partial charge on any atom is -0.289 e. The van der Waals surface area contributed by atoms with Crippen molar-refractivity contribution >= 4 is 16.9 Å². The summed E-state index contributed by atoms with van der Waals surface area (Å²) < 4.78 is 0. The first-order chi connectivity index (χ1) is 14.4. The van der Waals surface area contributed by atoms with Gasteiger partial charge in [-0.3, -0.25) is 4.79 Å². The van der Waals surface area contributed by atoms with Crippen LogP contribution in [0.3, 0.4) is 0 Å². The number of Topliss-reactive ketones (excluding diaryl/α,β-unsaturated/α-hetero) is 1. The van der Waals surface area contributed by atoms with E-state index in [1.165, 1.54) is 11.1 Å². The summed E-state index contributed by atoms with van der Waals surface area (Å²) >= 11 is 0. The van der Waals surface area contributed by atoms with E-state index in [-0.39, 0.29) is 5.78 Å². The monoisotopic (exact) mass is 392 g/mol. The summed E-state index contributed by atoms with van der Waals surface area (Å²) in [6.45, 7) is 14.4. The van der Waals surface area contributed by atoms with Crippen molar-refractivity contribution in [3.05, 3.63) is 107 Å². The highest BCUT2D eigenvalue weighted by molar-refractivity contribution is 6.28. The number of carbonyl (C=O) groups excluding carboxylic acids is 1.